The molecule has 4 N–H and O–H groups in total. The molecule has 1 aromatic carbocycles. The molecule has 0 aliphatic carbocycles. The molecule has 8 nitrogen and oxygen atoms in total. The fourth-order valence-electron chi connectivity index (χ4n) is 2.30. The summed E-state index contributed by atoms with van der Waals surface area (Å²) >= 11 is 0. The molecule has 1 aromatic rings. The molecule has 26 heavy (non-hydrogen) atoms. The highest BCUT2D eigenvalue weighted by atomic mass is 16.6. The lowest BCUT2D eigenvalue weighted by molar-refractivity contribution is -0.136. The largest absolute Gasteiger partial charge is 0.496 e. The number of methoxy groups -OCH3 is 1. The van der Waals surface area contributed by atoms with Crippen LogP contribution in [0.4, 0.5) is 4.79 Å². The Labute approximate surface area is 152 Å². The first kappa shape index (κ1) is 21.7. The normalized spacial score (nSPS) is 13.6. The molecule has 0 aliphatic heterocycles. The molecule has 0 bridgehead atoms. The molecule has 0 saturated carbocycles. The van der Waals surface area contributed by atoms with Gasteiger partial charge in [-0.3, -0.25) is 4.79 Å². The van der Waals surface area contributed by atoms with Crippen LogP contribution in [0.1, 0.15) is 44.4 Å². The summed E-state index contributed by atoms with van der Waals surface area (Å²) in [6, 6.07) is 4.62. The summed E-state index contributed by atoms with van der Waals surface area (Å²) in [6.07, 6.45) is -3.22. The van der Waals surface area contributed by atoms with Crippen LogP contribution < -0.4 is 10.1 Å². The second-order valence-corrected chi connectivity index (χ2v) is 6.88. The summed E-state index contributed by atoms with van der Waals surface area (Å²) in [5, 5.41) is 32.0. The van der Waals surface area contributed by atoms with Crippen LogP contribution in [0, 0.1) is 0 Å². The average Bonchev–Trinajstić information content (AvgIpc) is 2.51. The number of alkyl carbamates (subject to hydrolysis) is 1. The van der Waals surface area contributed by atoms with Crippen LogP contribution in [0.25, 0.3) is 0 Å². The molecule has 146 valence electrons. The Morgan fingerprint density at radius 3 is 2.42 bits per heavy atom. The van der Waals surface area contributed by atoms with Gasteiger partial charge in [-0.1, -0.05) is 6.07 Å². The fraction of sp³-hybridized carbons (Fsp3) is 0.556. The monoisotopic (exact) mass is 369 g/mol. The van der Waals surface area contributed by atoms with Crippen molar-refractivity contribution in [2.45, 2.75) is 51.4 Å². The van der Waals surface area contributed by atoms with E-state index >= 15 is 0 Å². The molecule has 0 aliphatic rings. The average molecular weight is 369 g/mol. The van der Waals surface area contributed by atoms with Crippen LogP contribution in [0.2, 0.25) is 0 Å². The number of aliphatic hydroxyl groups is 2. The molecule has 2 unspecified atom stereocenters. The van der Waals surface area contributed by atoms with E-state index in [9.17, 15) is 19.8 Å². The van der Waals surface area contributed by atoms with Crippen molar-refractivity contribution in [3.8, 4) is 5.75 Å². The van der Waals surface area contributed by atoms with Crippen molar-refractivity contribution in [2.24, 2.45) is 0 Å². The summed E-state index contributed by atoms with van der Waals surface area (Å²) in [5.41, 5.74) is 0.141. The van der Waals surface area contributed by atoms with Gasteiger partial charge in [-0.15, -0.1) is 0 Å². The number of carboxylic acids is 1. The number of ether oxygens (including phenoxy) is 2. The van der Waals surface area contributed by atoms with E-state index in [1.54, 1.807) is 32.9 Å². The van der Waals surface area contributed by atoms with Crippen LogP contribution in [0.3, 0.4) is 0 Å². The zero-order valence-corrected chi connectivity index (χ0v) is 15.5. The number of aliphatic hydroxyl groups excluding tert-OH is 2. The van der Waals surface area contributed by atoms with Crippen molar-refractivity contribution in [3.05, 3.63) is 29.3 Å². The van der Waals surface area contributed by atoms with Gasteiger partial charge in [0.2, 0.25) is 0 Å². The van der Waals surface area contributed by atoms with Crippen LogP contribution in [-0.2, 0) is 16.0 Å². The van der Waals surface area contributed by atoms with Crippen molar-refractivity contribution in [1.29, 1.82) is 0 Å². The minimum atomic E-state index is -1.29. The number of carboxylic acid groups (broad SMARTS) is 1. The molecular weight excluding hydrogens is 342 g/mol. The first-order chi connectivity index (χ1) is 12.0. The smallest absolute Gasteiger partial charge is 0.407 e. The first-order valence-electron chi connectivity index (χ1n) is 8.25. The van der Waals surface area contributed by atoms with Gasteiger partial charge >= 0.3 is 12.1 Å². The first-order valence-corrected chi connectivity index (χ1v) is 8.25. The molecule has 0 fully saturated rings. The third kappa shape index (κ3) is 7.28. The quantitative estimate of drug-likeness (QED) is 0.549. The van der Waals surface area contributed by atoms with E-state index in [2.05, 4.69) is 5.32 Å². The van der Waals surface area contributed by atoms with Crippen molar-refractivity contribution in [3.63, 3.8) is 0 Å². The number of nitrogens with one attached hydrogen (secondary N) is 1. The maximum atomic E-state index is 11.6. The van der Waals surface area contributed by atoms with Gasteiger partial charge in [0, 0.05) is 12.1 Å². The minimum Gasteiger partial charge on any atom is -0.496 e. The van der Waals surface area contributed by atoms with E-state index in [0.29, 0.717) is 11.3 Å². The highest BCUT2D eigenvalue weighted by molar-refractivity contribution is 5.70. The Bertz CT molecular complexity index is 624. The van der Waals surface area contributed by atoms with E-state index in [1.165, 1.54) is 13.2 Å². The molecule has 1 amide bonds. The van der Waals surface area contributed by atoms with Gasteiger partial charge in [0.25, 0.3) is 0 Å². The van der Waals surface area contributed by atoms with Crippen molar-refractivity contribution >= 4 is 12.1 Å². The molecule has 0 radical (unpaired) electrons. The lowest BCUT2D eigenvalue weighted by Crippen LogP contribution is -2.34. The van der Waals surface area contributed by atoms with Gasteiger partial charge in [0.15, 0.2) is 0 Å². The predicted octanol–water partition coefficient (Wildman–Crippen LogP) is 1.63. The predicted molar refractivity (Wildman–Crippen MR) is 94.2 cm³/mol. The molecule has 8 heteroatoms. The minimum absolute atomic E-state index is 0.0761. The molecule has 0 spiro atoms. The Morgan fingerprint density at radius 1 is 1.23 bits per heavy atom. The van der Waals surface area contributed by atoms with Crippen LogP contribution >= 0.6 is 0 Å². The topological polar surface area (TPSA) is 125 Å². The lowest BCUT2D eigenvalue weighted by atomic mass is 9.98. The van der Waals surface area contributed by atoms with E-state index < -0.39 is 29.9 Å². The molecule has 1 rings (SSSR count). The summed E-state index contributed by atoms with van der Waals surface area (Å²) < 4.78 is 10.2. The second-order valence-electron chi connectivity index (χ2n) is 6.88. The van der Waals surface area contributed by atoms with Crippen molar-refractivity contribution < 1.29 is 34.4 Å². The van der Waals surface area contributed by atoms with E-state index in [4.69, 9.17) is 14.6 Å². The Morgan fingerprint density at radius 2 is 1.88 bits per heavy atom. The SMILES string of the molecule is COc1ccc(CC(=O)O)cc1C(O)C(O)CCNC(=O)OC(C)(C)C. The molecule has 2 atom stereocenters. The Hall–Kier alpha value is -2.32. The number of hydrogen-bond acceptors (Lipinski definition) is 6. The zero-order valence-electron chi connectivity index (χ0n) is 15.5. The van der Waals surface area contributed by atoms with Crippen LogP contribution in [0.15, 0.2) is 18.2 Å². The maximum Gasteiger partial charge on any atom is 0.407 e. The zero-order chi connectivity index (χ0) is 19.9. The highest BCUT2D eigenvalue weighted by Gasteiger charge is 2.23. The summed E-state index contributed by atoms with van der Waals surface area (Å²) in [5.74, 6) is -0.663. The lowest BCUT2D eigenvalue weighted by Gasteiger charge is -2.22. The van der Waals surface area contributed by atoms with Crippen molar-refractivity contribution in [1.82, 2.24) is 5.32 Å². The molecule has 0 saturated heterocycles. The summed E-state index contributed by atoms with van der Waals surface area (Å²) in [4.78, 5) is 22.4. The van der Waals surface area contributed by atoms with Crippen LogP contribution in [0.5, 0.6) is 5.75 Å². The van der Waals surface area contributed by atoms with Crippen molar-refractivity contribution in [2.75, 3.05) is 13.7 Å². The fourth-order valence-corrected chi connectivity index (χ4v) is 2.30. The number of hydrogen-bond donors (Lipinski definition) is 4. The number of rotatable bonds is 8. The van der Waals surface area contributed by atoms with E-state index in [-0.39, 0.29) is 24.9 Å². The van der Waals surface area contributed by atoms with Crippen LogP contribution in [-0.4, -0.2) is 52.7 Å². The third-order valence-corrected chi connectivity index (χ3v) is 3.44. The number of carbonyl (C=O) groups excluding carboxylic acids is 1. The standard InChI is InChI=1S/C18H27NO7/c1-18(2,3)26-17(24)19-8-7-13(20)16(23)12-9-11(10-15(21)22)5-6-14(12)25-4/h5-6,9,13,16,20,23H,7-8,10H2,1-4H3,(H,19,24)(H,21,22). The Kier molecular flexibility index (Phi) is 7.85. The number of aliphatic carboxylic acids is 1. The van der Waals surface area contributed by atoms with Gasteiger partial charge in [-0.25, -0.2) is 4.79 Å². The molecule has 0 heterocycles. The van der Waals surface area contributed by atoms with E-state index in [0.717, 1.165) is 0 Å². The second kappa shape index (κ2) is 9.40. The molecule has 0 aromatic heterocycles. The molecular formula is C18H27NO7. The number of amides is 1. The van der Waals surface area contributed by atoms with Gasteiger partial charge in [0.05, 0.1) is 19.6 Å². The Balaban J connectivity index is 2.70. The van der Waals surface area contributed by atoms with E-state index in [1.807, 2.05) is 0 Å². The maximum absolute atomic E-state index is 11.6. The van der Waals surface area contributed by atoms with Gasteiger partial charge in [-0.05, 0) is 44.9 Å². The van der Waals surface area contributed by atoms with Gasteiger partial charge in [-0.2, -0.15) is 0 Å². The summed E-state index contributed by atoms with van der Waals surface area (Å²) in [6.45, 7) is 5.31. The highest BCUT2D eigenvalue weighted by Crippen LogP contribution is 2.29. The van der Waals surface area contributed by atoms with Gasteiger partial charge in [0.1, 0.15) is 17.5 Å². The number of carbonyl (C=O) groups is 2. The third-order valence-electron chi connectivity index (χ3n) is 3.44. The summed E-state index contributed by atoms with van der Waals surface area (Å²) in [7, 11) is 1.42. The number of benzene rings is 1. The van der Waals surface area contributed by atoms with Gasteiger partial charge < -0.3 is 30.1 Å².